The van der Waals surface area contributed by atoms with Crippen LogP contribution in [-0.2, 0) is 0 Å². The Bertz CT molecular complexity index is 388. The van der Waals surface area contributed by atoms with Crippen molar-refractivity contribution in [2.24, 2.45) is 0 Å². The van der Waals surface area contributed by atoms with E-state index in [1.54, 1.807) is 18.2 Å². The van der Waals surface area contributed by atoms with Gasteiger partial charge >= 0.3 is 0 Å². The van der Waals surface area contributed by atoms with Crippen molar-refractivity contribution in [1.29, 1.82) is 5.26 Å². The van der Waals surface area contributed by atoms with E-state index >= 15 is 0 Å². The Hall–Kier alpha value is -2.26. The fourth-order valence-corrected chi connectivity index (χ4v) is 0.818. The summed E-state index contributed by atoms with van der Waals surface area (Å²) in [5, 5.41) is 17.4. The van der Waals surface area contributed by atoms with Gasteiger partial charge in [0.15, 0.2) is 0 Å². The number of benzene rings is 1. The predicted molar refractivity (Wildman–Crippen MR) is 48.3 cm³/mol. The van der Waals surface area contributed by atoms with E-state index < -0.39 is 0 Å². The van der Waals surface area contributed by atoms with Crippen molar-refractivity contribution in [3.05, 3.63) is 46.9 Å². The highest BCUT2D eigenvalue weighted by atomic mass is 16.3. The molecule has 0 unspecified atom stereocenters. The minimum Gasteiger partial charge on any atom is -0.508 e. The molecule has 1 aromatic rings. The summed E-state index contributed by atoms with van der Waals surface area (Å²) in [6.07, 6.45) is 1.46. The Balaban J connectivity index is 3.00. The molecule has 0 aliphatic rings. The zero-order valence-corrected chi connectivity index (χ0v) is 6.73. The van der Waals surface area contributed by atoms with Gasteiger partial charge in [-0.2, -0.15) is 0 Å². The molecule has 0 aliphatic carbocycles. The number of allylic oxidation sites excluding steroid dienone is 1. The van der Waals surface area contributed by atoms with Gasteiger partial charge in [-0.25, -0.2) is 10.1 Å². The van der Waals surface area contributed by atoms with Crippen LogP contribution in [0.25, 0.3) is 10.9 Å². The van der Waals surface area contributed by atoms with Crippen molar-refractivity contribution in [3.8, 4) is 11.8 Å². The number of nitriles is 1. The molecule has 1 N–H and O–H groups in total. The number of nitrogens with zero attached hydrogens (tertiary/aromatic N) is 2. The SMILES string of the molecule is [C-]#[N+]C(C#N)=Cc1ccc(O)cc1. The third-order valence-electron chi connectivity index (χ3n) is 1.43. The predicted octanol–water partition coefficient (Wildman–Crippen LogP) is 2.18. The maximum Gasteiger partial charge on any atom is 0.262 e. The topological polar surface area (TPSA) is 48.4 Å². The highest BCUT2D eigenvalue weighted by Crippen LogP contribution is 2.12. The third-order valence-corrected chi connectivity index (χ3v) is 1.43. The average Bonchev–Trinajstić information content (AvgIpc) is 2.17. The van der Waals surface area contributed by atoms with Crippen molar-refractivity contribution in [1.82, 2.24) is 0 Å². The maximum absolute atomic E-state index is 8.96. The standard InChI is InChI=1S/C10H6N2O/c1-12-9(7-11)6-8-2-4-10(13)5-3-8/h2-6,13H. The first-order chi connectivity index (χ1) is 6.26. The fourth-order valence-electron chi connectivity index (χ4n) is 0.818. The zero-order valence-electron chi connectivity index (χ0n) is 6.73. The van der Waals surface area contributed by atoms with E-state index in [1.807, 2.05) is 0 Å². The van der Waals surface area contributed by atoms with Crippen LogP contribution in [0.3, 0.4) is 0 Å². The molecular weight excluding hydrogens is 164 g/mol. The van der Waals surface area contributed by atoms with Crippen LogP contribution < -0.4 is 0 Å². The van der Waals surface area contributed by atoms with Crippen molar-refractivity contribution in [2.45, 2.75) is 0 Å². The fraction of sp³-hybridized carbons (Fsp3) is 0. The molecule has 0 spiro atoms. The Kier molecular flexibility index (Phi) is 2.68. The second-order valence-corrected chi connectivity index (χ2v) is 2.34. The molecule has 0 atom stereocenters. The molecule has 62 valence electrons. The van der Waals surface area contributed by atoms with Gasteiger partial charge < -0.3 is 5.11 Å². The van der Waals surface area contributed by atoms with Crippen LogP contribution in [0.5, 0.6) is 5.75 Å². The number of hydrogen-bond donors (Lipinski definition) is 1. The normalized spacial score (nSPS) is 10.2. The van der Waals surface area contributed by atoms with Gasteiger partial charge in [0.1, 0.15) is 5.75 Å². The number of aromatic hydroxyl groups is 1. The van der Waals surface area contributed by atoms with Crippen molar-refractivity contribution in [3.63, 3.8) is 0 Å². The van der Waals surface area contributed by atoms with E-state index in [0.29, 0.717) is 0 Å². The molecule has 0 bridgehead atoms. The largest absolute Gasteiger partial charge is 0.508 e. The van der Waals surface area contributed by atoms with Gasteiger partial charge in [0, 0.05) is 0 Å². The minimum atomic E-state index is 0.0330. The van der Waals surface area contributed by atoms with Gasteiger partial charge in [-0.3, -0.25) is 0 Å². The maximum atomic E-state index is 8.96. The van der Waals surface area contributed by atoms with Crippen molar-refractivity contribution in [2.75, 3.05) is 0 Å². The smallest absolute Gasteiger partial charge is 0.262 e. The second-order valence-electron chi connectivity index (χ2n) is 2.34. The number of hydrogen-bond acceptors (Lipinski definition) is 2. The van der Waals surface area contributed by atoms with Gasteiger partial charge in [0.2, 0.25) is 0 Å². The summed E-state index contributed by atoms with van der Waals surface area (Å²) in [4.78, 5) is 3.01. The summed E-state index contributed by atoms with van der Waals surface area (Å²) in [5.41, 5.74) is 0.760. The molecule has 1 rings (SSSR count). The summed E-state index contributed by atoms with van der Waals surface area (Å²) in [6, 6.07) is 8.04. The van der Waals surface area contributed by atoms with Crippen LogP contribution in [0.1, 0.15) is 5.56 Å². The molecule has 0 saturated heterocycles. The molecular formula is C10H6N2O. The Labute approximate surface area is 76.0 Å². The molecule has 13 heavy (non-hydrogen) atoms. The average molecular weight is 170 g/mol. The summed E-state index contributed by atoms with van der Waals surface area (Å²) >= 11 is 0. The lowest BCUT2D eigenvalue weighted by atomic mass is 10.2. The Morgan fingerprint density at radius 3 is 2.54 bits per heavy atom. The quantitative estimate of drug-likeness (QED) is 0.518. The second kappa shape index (κ2) is 3.94. The first-order valence-electron chi connectivity index (χ1n) is 3.54. The number of phenols is 1. The number of phenolic OH excluding ortho intramolecular Hbond substituents is 1. The molecule has 0 heterocycles. The van der Waals surface area contributed by atoms with Gasteiger partial charge in [-0.05, 0) is 23.8 Å². The van der Waals surface area contributed by atoms with E-state index in [9.17, 15) is 0 Å². The van der Waals surface area contributed by atoms with Crippen LogP contribution in [0.2, 0.25) is 0 Å². The van der Waals surface area contributed by atoms with Gasteiger partial charge in [-0.1, -0.05) is 12.1 Å². The summed E-state index contributed by atoms with van der Waals surface area (Å²) in [7, 11) is 0. The molecule has 0 amide bonds. The summed E-state index contributed by atoms with van der Waals surface area (Å²) in [6.45, 7) is 6.64. The zero-order chi connectivity index (χ0) is 9.68. The van der Waals surface area contributed by atoms with E-state index in [1.165, 1.54) is 18.2 Å². The molecule has 0 aliphatic heterocycles. The Morgan fingerprint density at radius 1 is 1.46 bits per heavy atom. The lowest BCUT2D eigenvalue weighted by Crippen LogP contribution is -1.73. The number of rotatable bonds is 1. The summed E-state index contributed by atoms with van der Waals surface area (Å²) < 4.78 is 0. The molecule has 0 radical (unpaired) electrons. The molecule has 0 fully saturated rings. The van der Waals surface area contributed by atoms with Gasteiger partial charge in [-0.15, -0.1) is 0 Å². The molecule has 1 aromatic carbocycles. The minimum absolute atomic E-state index is 0.0330. The van der Waals surface area contributed by atoms with E-state index in [4.69, 9.17) is 16.9 Å². The molecule has 0 saturated carbocycles. The van der Waals surface area contributed by atoms with Gasteiger partial charge in [0.05, 0.1) is 12.6 Å². The highest BCUT2D eigenvalue weighted by molar-refractivity contribution is 5.59. The van der Waals surface area contributed by atoms with E-state index in [2.05, 4.69) is 4.85 Å². The monoisotopic (exact) mass is 170 g/mol. The van der Waals surface area contributed by atoms with Crippen LogP contribution in [0.4, 0.5) is 0 Å². The molecule has 3 heteroatoms. The van der Waals surface area contributed by atoms with Crippen LogP contribution in [-0.4, -0.2) is 5.11 Å². The first-order valence-corrected chi connectivity index (χ1v) is 3.54. The first kappa shape index (κ1) is 8.83. The lowest BCUT2D eigenvalue weighted by molar-refractivity contribution is 0.475. The lowest BCUT2D eigenvalue weighted by Gasteiger charge is -1.93. The highest BCUT2D eigenvalue weighted by Gasteiger charge is 1.93. The summed E-state index contributed by atoms with van der Waals surface area (Å²) in [5.74, 6) is 0.165. The Morgan fingerprint density at radius 2 is 2.08 bits per heavy atom. The molecule has 0 aromatic heterocycles. The van der Waals surface area contributed by atoms with Crippen LogP contribution in [0, 0.1) is 17.9 Å². The van der Waals surface area contributed by atoms with Crippen molar-refractivity contribution < 1.29 is 5.11 Å². The van der Waals surface area contributed by atoms with Crippen molar-refractivity contribution >= 4 is 6.08 Å². The molecule has 3 nitrogen and oxygen atoms in total. The van der Waals surface area contributed by atoms with Crippen LogP contribution in [0.15, 0.2) is 30.0 Å². The van der Waals surface area contributed by atoms with E-state index in [-0.39, 0.29) is 11.4 Å². The van der Waals surface area contributed by atoms with E-state index in [0.717, 1.165) is 5.56 Å². The third kappa shape index (κ3) is 2.36. The van der Waals surface area contributed by atoms with Gasteiger partial charge in [0.25, 0.3) is 5.70 Å². The van der Waals surface area contributed by atoms with Crippen LogP contribution >= 0.6 is 0 Å².